The molecule has 3 atom stereocenters. The van der Waals surface area contributed by atoms with E-state index >= 15 is 0 Å². The lowest BCUT2D eigenvalue weighted by molar-refractivity contribution is 0.121. The summed E-state index contributed by atoms with van der Waals surface area (Å²) in [4.78, 5) is 2.46. The minimum atomic E-state index is 0.654. The molecule has 2 heteroatoms. The van der Waals surface area contributed by atoms with Crippen molar-refractivity contribution >= 4 is 0 Å². The van der Waals surface area contributed by atoms with Crippen molar-refractivity contribution in [2.75, 3.05) is 13.6 Å². The Morgan fingerprint density at radius 3 is 2.65 bits per heavy atom. The zero-order chi connectivity index (χ0) is 12.3. The summed E-state index contributed by atoms with van der Waals surface area (Å²) in [6.45, 7) is 6.87. The zero-order valence-electron chi connectivity index (χ0n) is 11.2. The molecule has 2 nitrogen and oxygen atoms in total. The van der Waals surface area contributed by atoms with E-state index in [0.29, 0.717) is 12.1 Å². The predicted octanol–water partition coefficient (Wildman–Crippen LogP) is 2.50. The van der Waals surface area contributed by atoms with E-state index in [2.05, 4.69) is 61.4 Å². The lowest BCUT2D eigenvalue weighted by Crippen LogP contribution is -2.50. The number of benzene rings is 1. The number of nitrogens with zero attached hydrogens (tertiary/aromatic N) is 1. The van der Waals surface area contributed by atoms with Gasteiger partial charge in [-0.15, -0.1) is 0 Å². The molecule has 1 heterocycles. The van der Waals surface area contributed by atoms with Gasteiger partial charge in [0.2, 0.25) is 0 Å². The van der Waals surface area contributed by atoms with E-state index in [-0.39, 0.29) is 0 Å². The third kappa shape index (κ3) is 3.30. The second-order valence-corrected chi connectivity index (χ2v) is 5.47. The van der Waals surface area contributed by atoms with Gasteiger partial charge in [0, 0.05) is 25.2 Å². The van der Waals surface area contributed by atoms with Crippen LogP contribution in [0.5, 0.6) is 0 Å². The molecule has 1 N–H and O–H groups in total. The third-order valence-corrected chi connectivity index (χ3v) is 4.02. The zero-order valence-corrected chi connectivity index (χ0v) is 11.2. The van der Waals surface area contributed by atoms with E-state index in [1.54, 1.807) is 0 Å². The average Bonchev–Trinajstić information content (AvgIpc) is 2.33. The van der Waals surface area contributed by atoms with Gasteiger partial charge in [-0.1, -0.05) is 37.3 Å². The number of hydrogen-bond acceptors (Lipinski definition) is 2. The minimum absolute atomic E-state index is 0.654. The molecular formula is C15H24N2. The molecule has 0 aromatic heterocycles. The second-order valence-electron chi connectivity index (χ2n) is 5.47. The van der Waals surface area contributed by atoms with Gasteiger partial charge in [-0.3, -0.25) is 0 Å². The molecular weight excluding hydrogens is 208 g/mol. The highest BCUT2D eigenvalue weighted by Crippen LogP contribution is 2.20. The van der Waals surface area contributed by atoms with Crippen LogP contribution in [0.4, 0.5) is 0 Å². The van der Waals surface area contributed by atoms with E-state index in [9.17, 15) is 0 Å². The first kappa shape index (κ1) is 12.6. The van der Waals surface area contributed by atoms with Crippen molar-refractivity contribution in [2.24, 2.45) is 5.92 Å². The number of hydrogen-bond donors (Lipinski definition) is 1. The van der Waals surface area contributed by atoms with Crippen LogP contribution in [0.25, 0.3) is 0 Å². The largest absolute Gasteiger partial charge is 0.310 e. The van der Waals surface area contributed by atoms with Crippen molar-refractivity contribution < 1.29 is 0 Å². The molecule has 1 aromatic rings. The monoisotopic (exact) mass is 232 g/mol. The van der Waals surface area contributed by atoms with E-state index in [0.717, 1.165) is 12.5 Å². The Hall–Kier alpha value is -0.860. The van der Waals surface area contributed by atoms with Crippen LogP contribution in [0, 0.1) is 5.92 Å². The van der Waals surface area contributed by atoms with Crippen LogP contribution in [0.15, 0.2) is 30.3 Å². The Morgan fingerprint density at radius 2 is 1.94 bits per heavy atom. The molecule has 2 rings (SSSR count). The van der Waals surface area contributed by atoms with Crippen molar-refractivity contribution in [3.05, 3.63) is 35.9 Å². The van der Waals surface area contributed by atoms with Gasteiger partial charge in [0.15, 0.2) is 0 Å². The van der Waals surface area contributed by atoms with Gasteiger partial charge < -0.3 is 10.2 Å². The predicted molar refractivity (Wildman–Crippen MR) is 72.9 cm³/mol. The van der Waals surface area contributed by atoms with E-state index in [1.807, 2.05) is 0 Å². The molecule has 0 spiro atoms. The Bertz CT molecular complexity index is 336. The van der Waals surface area contributed by atoms with E-state index < -0.39 is 0 Å². The molecule has 0 radical (unpaired) electrons. The number of piperidine rings is 1. The van der Waals surface area contributed by atoms with Crippen molar-refractivity contribution in [3.63, 3.8) is 0 Å². The topological polar surface area (TPSA) is 15.3 Å². The summed E-state index contributed by atoms with van der Waals surface area (Å²) in [6, 6.07) is 12.0. The van der Waals surface area contributed by atoms with Crippen LogP contribution < -0.4 is 5.32 Å². The molecule has 17 heavy (non-hydrogen) atoms. The van der Waals surface area contributed by atoms with Gasteiger partial charge in [-0.25, -0.2) is 0 Å². The number of nitrogens with one attached hydrogen (secondary N) is 1. The second kappa shape index (κ2) is 5.65. The van der Waals surface area contributed by atoms with Crippen molar-refractivity contribution in [2.45, 2.75) is 38.9 Å². The highest BCUT2D eigenvalue weighted by molar-refractivity contribution is 5.14. The molecule has 1 aromatic carbocycles. The van der Waals surface area contributed by atoms with Crippen LogP contribution in [0.2, 0.25) is 0 Å². The van der Waals surface area contributed by atoms with E-state index in [4.69, 9.17) is 0 Å². The van der Waals surface area contributed by atoms with Crippen LogP contribution in [0.1, 0.15) is 25.8 Å². The summed E-state index contributed by atoms with van der Waals surface area (Å²) in [5.41, 5.74) is 1.38. The summed E-state index contributed by atoms with van der Waals surface area (Å²) in [5, 5.41) is 3.71. The Balaban J connectivity index is 1.87. The summed E-state index contributed by atoms with van der Waals surface area (Å²) < 4.78 is 0. The van der Waals surface area contributed by atoms with Gasteiger partial charge >= 0.3 is 0 Å². The Morgan fingerprint density at radius 1 is 1.24 bits per heavy atom. The first-order valence-corrected chi connectivity index (χ1v) is 6.64. The van der Waals surface area contributed by atoms with Crippen LogP contribution in [0.3, 0.4) is 0 Å². The third-order valence-electron chi connectivity index (χ3n) is 4.02. The first-order chi connectivity index (χ1) is 8.16. The number of rotatable bonds is 3. The maximum Gasteiger partial charge on any atom is 0.0208 e. The maximum atomic E-state index is 3.71. The quantitative estimate of drug-likeness (QED) is 0.861. The normalized spacial score (nSPS) is 30.4. The Labute approximate surface area is 105 Å². The van der Waals surface area contributed by atoms with Gasteiger partial charge in [-0.2, -0.15) is 0 Å². The molecule has 0 aliphatic carbocycles. The van der Waals surface area contributed by atoms with Crippen LogP contribution in [-0.4, -0.2) is 30.6 Å². The molecule has 1 fully saturated rings. The molecule has 1 saturated heterocycles. The summed E-state index contributed by atoms with van der Waals surface area (Å²) in [5.74, 6) is 0.736. The molecule has 1 aliphatic heterocycles. The molecule has 0 bridgehead atoms. The fraction of sp³-hybridized carbons (Fsp3) is 0.600. The van der Waals surface area contributed by atoms with Gasteiger partial charge in [0.05, 0.1) is 0 Å². The number of likely N-dealkylation sites (tertiary alicyclic amines) is 1. The molecule has 0 saturated carbocycles. The average molecular weight is 232 g/mol. The van der Waals surface area contributed by atoms with Crippen LogP contribution in [-0.2, 0) is 6.54 Å². The minimum Gasteiger partial charge on any atom is -0.310 e. The van der Waals surface area contributed by atoms with Crippen molar-refractivity contribution in [1.82, 2.24) is 10.2 Å². The molecule has 94 valence electrons. The van der Waals surface area contributed by atoms with E-state index in [1.165, 1.54) is 18.5 Å². The van der Waals surface area contributed by atoms with Gasteiger partial charge in [0.1, 0.15) is 0 Å². The van der Waals surface area contributed by atoms with Crippen LogP contribution >= 0.6 is 0 Å². The lowest BCUT2D eigenvalue weighted by Gasteiger charge is -2.40. The fourth-order valence-corrected chi connectivity index (χ4v) is 2.67. The standard InChI is InChI=1S/C15H24N2/c1-12-11-17(3)13(2)9-15(12)16-10-14-7-5-4-6-8-14/h4-8,12-13,15-16H,9-11H2,1-3H3/t12-,13-,15-/m1/s1. The fourth-order valence-electron chi connectivity index (χ4n) is 2.67. The summed E-state index contributed by atoms with van der Waals surface area (Å²) in [6.07, 6.45) is 1.25. The molecule has 0 amide bonds. The first-order valence-electron chi connectivity index (χ1n) is 6.64. The Kier molecular flexibility index (Phi) is 4.19. The lowest BCUT2D eigenvalue weighted by atomic mass is 9.90. The SMILES string of the molecule is C[C@@H]1CN(C)[C@H](C)C[C@H]1NCc1ccccc1. The maximum absolute atomic E-state index is 3.71. The summed E-state index contributed by atoms with van der Waals surface area (Å²) in [7, 11) is 2.23. The van der Waals surface area contributed by atoms with Gasteiger partial charge in [-0.05, 0) is 31.9 Å². The van der Waals surface area contributed by atoms with Crippen molar-refractivity contribution in [1.29, 1.82) is 0 Å². The highest BCUT2D eigenvalue weighted by atomic mass is 15.2. The highest BCUT2D eigenvalue weighted by Gasteiger charge is 2.28. The summed E-state index contributed by atoms with van der Waals surface area (Å²) >= 11 is 0. The smallest absolute Gasteiger partial charge is 0.0208 e. The van der Waals surface area contributed by atoms with Crippen molar-refractivity contribution in [3.8, 4) is 0 Å². The molecule has 1 aliphatic rings. The molecule has 0 unspecified atom stereocenters. The van der Waals surface area contributed by atoms with Gasteiger partial charge in [0.25, 0.3) is 0 Å².